The molecule has 0 radical (unpaired) electrons. The zero-order valence-electron chi connectivity index (χ0n) is 10.6. The van der Waals surface area contributed by atoms with Crippen LogP contribution in [0.3, 0.4) is 0 Å². The molecule has 0 saturated carbocycles. The molecule has 0 bridgehead atoms. The van der Waals surface area contributed by atoms with Crippen molar-refractivity contribution < 1.29 is 5.11 Å². The van der Waals surface area contributed by atoms with Crippen LogP contribution in [0.15, 0.2) is 0 Å². The molecule has 86 valence electrons. The van der Waals surface area contributed by atoms with Crippen LogP contribution in [0.5, 0.6) is 0 Å². The van der Waals surface area contributed by atoms with Gasteiger partial charge in [-0.2, -0.15) is 0 Å². The van der Waals surface area contributed by atoms with Crippen molar-refractivity contribution in [1.29, 1.82) is 0 Å². The normalized spacial score (nSPS) is 20.1. The van der Waals surface area contributed by atoms with Crippen LogP contribution in [0.2, 0.25) is 0 Å². The van der Waals surface area contributed by atoms with Gasteiger partial charge in [0, 0.05) is 6.61 Å². The maximum absolute atomic E-state index is 9.05. The molecule has 0 heterocycles. The molecule has 0 aliphatic carbocycles. The summed E-state index contributed by atoms with van der Waals surface area (Å²) in [5.74, 6) is 2.75. The zero-order chi connectivity index (χ0) is 11.1. The summed E-state index contributed by atoms with van der Waals surface area (Å²) in [5, 5.41) is 9.05. The minimum Gasteiger partial charge on any atom is -0.396 e. The third-order valence-electron chi connectivity index (χ3n) is 3.54. The summed E-state index contributed by atoms with van der Waals surface area (Å²) >= 11 is 0. The number of aliphatic hydroxyl groups excluding tert-OH is 1. The Bertz CT molecular complexity index is 133. The van der Waals surface area contributed by atoms with E-state index in [1.165, 1.54) is 19.3 Å². The summed E-state index contributed by atoms with van der Waals surface area (Å²) < 4.78 is 0. The summed E-state index contributed by atoms with van der Waals surface area (Å²) in [6.45, 7) is 11.7. The Kier molecular flexibility index (Phi) is 7.26. The molecule has 0 aromatic heterocycles. The van der Waals surface area contributed by atoms with E-state index in [1.807, 2.05) is 0 Å². The molecule has 0 aliphatic rings. The first-order valence-corrected chi connectivity index (χ1v) is 6.12. The molecular weight excluding hydrogens is 172 g/mol. The van der Waals surface area contributed by atoms with Crippen LogP contribution in [0.4, 0.5) is 0 Å². The second kappa shape index (κ2) is 7.28. The fourth-order valence-electron chi connectivity index (χ4n) is 2.00. The molecule has 0 amide bonds. The van der Waals surface area contributed by atoms with Gasteiger partial charge in [-0.3, -0.25) is 0 Å². The average molecular weight is 200 g/mol. The maximum atomic E-state index is 9.05. The lowest BCUT2D eigenvalue weighted by molar-refractivity contribution is 0.176. The van der Waals surface area contributed by atoms with Gasteiger partial charge in [0.1, 0.15) is 0 Å². The van der Waals surface area contributed by atoms with Gasteiger partial charge in [-0.25, -0.2) is 0 Å². The molecule has 0 aromatic rings. The highest BCUT2D eigenvalue weighted by Crippen LogP contribution is 2.25. The Morgan fingerprint density at radius 2 is 1.43 bits per heavy atom. The minimum atomic E-state index is 0.331. The van der Waals surface area contributed by atoms with Crippen molar-refractivity contribution >= 4 is 0 Å². The van der Waals surface area contributed by atoms with Crippen molar-refractivity contribution in [1.82, 2.24) is 0 Å². The van der Waals surface area contributed by atoms with Gasteiger partial charge in [0.25, 0.3) is 0 Å². The summed E-state index contributed by atoms with van der Waals surface area (Å²) in [4.78, 5) is 0. The van der Waals surface area contributed by atoms with E-state index in [-0.39, 0.29) is 0 Å². The Balaban J connectivity index is 3.75. The molecule has 4 atom stereocenters. The van der Waals surface area contributed by atoms with Crippen LogP contribution in [0.1, 0.15) is 53.9 Å². The lowest BCUT2D eigenvalue weighted by atomic mass is 9.84. The monoisotopic (exact) mass is 200 g/mol. The molecule has 0 rings (SSSR count). The number of aliphatic hydroxyl groups is 1. The summed E-state index contributed by atoms with van der Waals surface area (Å²) in [6.07, 6.45) is 3.87. The minimum absolute atomic E-state index is 0.331. The molecule has 0 saturated heterocycles. The smallest absolute Gasteiger partial charge is 0.0459 e. The van der Waals surface area contributed by atoms with Crippen LogP contribution in [0.25, 0.3) is 0 Å². The van der Waals surface area contributed by atoms with Crippen molar-refractivity contribution in [2.75, 3.05) is 6.61 Å². The molecule has 1 heteroatoms. The van der Waals surface area contributed by atoms with E-state index in [2.05, 4.69) is 34.6 Å². The van der Waals surface area contributed by atoms with E-state index in [0.29, 0.717) is 18.4 Å². The second-order valence-electron chi connectivity index (χ2n) is 5.23. The molecule has 1 N–H and O–H groups in total. The fourth-order valence-corrected chi connectivity index (χ4v) is 2.00. The van der Waals surface area contributed by atoms with Crippen LogP contribution < -0.4 is 0 Å². The average Bonchev–Trinajstić information content (AvgIpc) is 2.15. The van der Waals surface area contributed by atoms with Crippen LogP contribution in [-0.4, -0.2) is 11.7 Å². The second-order valence-corrected chi connectivity index (χ2v) is 5.23. The molecule has 14 heavy (non-hydrogen) atoms. The van der Waals surface area contributed by atoms with Crippen molar-refractivity contribution in [3.8, 4) is 0 Å². The Hall–Kier alpha value is -0.0400. The predicted octanol–water partition coefficient (Wildman–Crippen LogP) is 3.71. The SMILES string of the molecule is CCC(C)CC(C)CC(C)C(C)CO. The molecule has 0 aliphatic heterocycles. The van der Waals surface area contributed by atoms with Crippen molar-refractivity contribution in [2.45, 2.75) is 53.9 Å². The van der Waals surface area contributed by atoms with E-state index >= 15 is 0 Å². The largest absolute Gasteiger partial charge is 0.396 e. The lowest BCUT2D eigenvalue weighted by Gasteiger charge is -2.23. The molecule has 0 spiro atoms. The topological polar surface area (TPSA) is 20.2 Å². The Morgan fingerprint density at radius 3 is 1.86 bits per heavy atom. The lowest BCUT2D eigenvalue weighted by Crippen LogP contribution is -2.16. The van der Waals surface area contributed by atoms with Crippen LogP contribution >= 0.6 is 0 Å². The van der Waals surface area contributed by atoms with Crippen LogP contribution in [0, 0.1) is 23.7 Å². The first-order valence-electron chi connectivity index (χ1n) is 6.12. The van der Waals surface area contributed by atoms with Gasteiger partial charge in [-0.05, 0) is 36.5 Å². The number of hydrogen-bond acceptors (Lipinski definition) is 1. The number of hydrogen-bond donors (Lipinski definition) is 1. The summed E-state index contributed by atoms with van der Waals surface area (Å²) in [5.41, 5.74) is 0. The van der Waals surface area contributed by atoms with Gasteiger partial charge < -0.3 is 5.11 Å². The van der Waals surface area contributed by atoms with E-state index < -0.39 is 0 Å². The predicted molar refractivity (Wildman–Crippen MR) is 63.3 cm³/mol. The van der Waals surface area contributed by atoms with Gasteiger partial charge in [-0.15, -0.1) is 0 Å². The third kappa shape index (κ3) is 5.64. The van der Waals surface area contributed by atoms with Crippen molar-refractivity contribution in [3.63, 3.8) is 0 Å². The van der Waals surface area contributed by atoms with Crippen molar-refractivity contribution in [3.05, 3.63) is 0 Å². The van der Waals surface area contributed by atoms with Gasteiger partial charge >= 0.3 is 0 Å². The third-order valence-corrected chi connectivity index (χ3v) is 3.54. The van der Waals surface area contributed by atoms with Crippen molar-refractivity contribution in [2.24, 2.45) is 23.7 Å². The summed E-state index contributed by atoms with van der Waals surface area (Å²) in [6, 6.07) is 0. The molecular formula is C13H28O. The van der Waals surface area contributed by atoms with Gasteiger partial charge in [0.05, 0.1) is 0 Å². The van der Waals surface area contributed by atoms with E-state index in [9.17, 15) is 0 Å². The zero-order valence-corrected chi connectivity index (χ0v) is 10.6. The van der Waals surface area contributed by atoms with E-state index in [4.69, 9.17) is 5.11 Å². The number of rotatable bonds is 7. The van der Waals surface area contributed by atoms with Crippen LogP contribution in [-0.2, 0) is 0 Å². The molecule has 0 aromatic carbocycles. The Labute approximate surface area is 89.9 Å². The quantitative estimate of drug-likeness (QED) is 0.664. The highest BCUT2D eigenvalue weighted by molar-refractivity contribution is 4.66. The first-order chi connectivity index (χ1) is 6.51. The summed E-state index contributed by atoms with van der Waals surface area (Å²) in [7, 11) is 0. The van der Waals surface area contributed by atoms with Gasteiger partial charge in [0.15, 0.2) is 0 Å². The highest BCUT2D eigenvalue weighted by Gasteiger charge is 2.15. The maximum Gasteiger partial charge on any atom is 0.0459 e. The van der Waals surface area contributed by atoms with E-state index in [1.54, 1.807) is 0 Å². The standard InChI is InChI=1S/C13H28O/c1-6-10(2)7-11(3)8-12(4)13(5)9-14/h10-14H,6-9H2,1-5H3. The van der Waals surface area contributed by atoms with Gasteiger partial charge in [0.2, 0.25) is 0 Å². The Morgan fingerprint density at radius 1 is 0.857 bits per heavy atom. The molecule has 4 unspecified atom stereocenters. The van der Waals surface area contributed by atoms with Gasteiger partial charge in [-0.1, -0.05) is 41.0 Å². The molecule has 0 fully saturated rings. The highest BCUT2D eigenvalue weighted by atomic mass is 16.3. The fraction of sp³-hybridized carbons (Fsp3) is 1.00. The molecule has 1 nitrogen and oxygen atoms in total. The van der Waals surface area contributed by atoms with E-state index in [0.717, 1.165) is 11.8 Å². The first kappa shape index (κ1) is 14.0.